The smallest absolute Gasteiger partial charge is 0.125 e. The van der Waals surface area contributed by atoms with Gasteiger partial charge in [-0.1, -0.05) is 18.2 Å². The number of hydrogen-bond donors (Lipinski definition) is 2. The van der Waals surface area contributed by atoms with Crippen LogP contribution in [0.5, 0.6) is 5.75 Å². The van der Waals surface area contributed by atoms with Crippen molar-refractivity contribution in [3.63, 3.8) is 0 Å². The molecule has 0 aliphatic rings. The van der Waals surface area contributed by atoms with Crippen molar-refractivity contribution in [1.29, 1.82) is 0 Å². The summed E-state index contributed by atoms with van der Waals surface area (Å²) in [6.07, 6.45) is -0.902. The van der Waals surface area contributed by atoms with E-state index in [1.54, 1.807) is 31.4 Å². The lowest BCUT2D eigenvalue weighted by Gasteiger charge is -2.14. The Labute approximate surface area is 105 Å². The quantitative estimate of drug-likeness (QED) is 0.819. The Kier molecular flexibility index (Phi) is 3.48. The summed E-state index contributed by atoms with van der Waals surface area (Å²) in [6.45, 7) is 0. The van der Waals surface area contributed by atoms with Gasteiger partial charge in [-0.3, -0.25) is 0 Å². The van der Waals surface area contributed by atoms with E-state index in [2.05, 4.69) is 0 Å². The van der Waals surface area contributed by atoms with Gasteiger partial charge < -0.3 is 15.6 Å². The minimum absolute atomic E-state index is 0.227. The summed E-state index contributed by atoms with van der Waals surface area (Å²) >= 11 is 0. The molecule has 0 heterocycles. The van der Waals surface area contributed by atoms with E-state index in [4.69, 9.17) is 10.5 Å². The molecule has 2 rings (SSSR count). The number of anilines is 1. The summed E-state index contributed by atoms with van der Waals surface area (Å²) < 4.78 is 18.0. The van der Waals surface area contributed by atoms with E-state index >= 15 is 0 Å². The van der Waals surface area contributed by atoms with Crippen molar-refractivity contribution < 1.29 is 14.2 Å². The predicted octanol–water partition coefficient (Wildman–Crippen LogP) is 2.50. The van der Waals surface area contributed by atoms with Crippen LogP contribution >= 0.6 is 0 Å². The first-order valence-electron chi connectivity index (χ1n) is 5.48. The Hall–Kier alpha value is -2.07. The highest BCUT2D eigenvalue weighted by Gasteiger charge is 2.14. The SMILES string of the molecule is COc1cccc(C(O)c2ccc(F)cc2N)c1. The van der Waals surface area contributed by atoms with Crippen molar-refractivity contribution in [3.8, 4) is 5.75 Å². The van der Waals surface area contributed by atoms with Gasteiger partial charge >= 0.3 is 0 Å². The molecule has 0 aliphatic carbocycles. The molecular formula is C14H14FNO2. The van der Waals surface area contributed by atoms with Crippen LogP contribution in [0.15, 0.2) is 42.5 Å². The molecular weight excluding hydrogens is 233 g/mol. The Morgan fingerprint density at radius 2 is 2.00 bits per heavy atom. The molecule has 0 bridgehead atoms. The van der Waals surface area contributed by atoms with Gasteiger partial charge in [-0.05, 0) is 29.8 Å². The first kappa shape index (κ1) is 12.4. The lowest BCUT2D eigenvalue weighted by atomic mass is 10.00. The van der Waals surface area contributed by atoms with Crippen LogP contribution in [0.1, 0.15) is 17.2 Å². The maximum absolute atomic E-state index is 13.0. The van der Waals surface area contributed by atoms with Crippen LogP contribution in [-0.2, 0) is 0 Å². The summed E-state index contributed by atoms with van der Waals surface area (Å²) in [7, 11) is 1.55. The highest BCUT2D eigenvalue weighted by molar-refractivity contribution is 5.51. The van der Waals surface area contributed by atoms with Crippen molar-refractivity contribution in [2.45, 2.75) is 6.10 Å². The van der Waals surface area contributed by atoms with E-state index in [1.807, 2.05) is 0 Å². The molecule has 0 fully saturated rings. The largest absolute Gasteiger partial charge is 0.497 e. The molecule has 0 spiro atoms. The highest BCUT2D eigenvalue weighted by atomic mass is 19.1. The second kappa shape index (κ2) is 5.06. The third-order valence-corrected chi connectivity index (χ3v) is 2.75. The third-order valence-electron chi connectivity index (χ3n) is 2.75. The fourth-order valence-corrected chi connectivity index (χ4v) is 1.79. The molecule has 0 aromatic heterocycles. The van der Waals surface area contributed by atoms with Crippen molar-refractivity contribution in [1.82, 2.24) is 0 Å². The monoisotopic (exact) mass is 247 g/mol. The summed E-state index contributed by atoms with van der Waals surface area (Å²) in [5, 5.41) is 10.2. The molecule has 2 aromatic carbocycles. The van der Waals surface area contributed by atoms with Crippen LogP contribution in [0.4, 0.5) is 10.1 Å². The van der Waals surface area contributed by atoms with E-state index in [-0.39, 0.29) is 5.69 Å². The maximum atomic E-state index is 13.0. The molecule has 0 saturated carbocycles. The highest BCUT2D eigenvalue weighted by Crippen LogP contribution is 2.28. The number of aliphatic hydroxyl groups excluding tert-OH is 1. The summed E-state index contributed by atoms with van der Waals surface area (Å²) in [5.74, 6) is 0.223. The van der Waals surface area contributed by atoms with Crippen LogP contribution in [0.2, 0.25) is 0 Å². The minimum atomic E-state index is -0.902. The number of rotatable bonds is 3. The molecule has 1 atom stereocenters. The first-order valence-corrected chi connectivity index (χ1v) is 5.48. The molecule has 2 aromatic rings. The maximum Gasteiger partial charge on any atom is 0.125 e. The van der Waals surface area contributed by atoms with Crippen LogP contribution in [0.25, 0.3) is 0 Å². The number of benzene rings is 2. The van der Waals surface area contributed by atoms with Gasteiger partial charge in [-0.15, -0.1) is 0 Å². The second-order valence-electron chi connectivity index (χ2n) is 3.95. The summed E-state index contributed by atoms with van der Waals surface area (Å²) in [6, 6.07) is 11.0. The molecule has 18 heavy (non-hydrogen) atoms. The minimum Gasteiger partial charge on any atom is -0.497 e. The Morgan fingerprint density at radius 1 is 1.22 bits per heavy atom. The van der Waals surface area contributed by atoms with Crippen LogP contribution in [-0.4, -0.2) is 12.2 Å². The van der Waals surface area contributed by atoms with Crippen LogP contribution in [0.3, 0.4) is 0 Å². The molecule has 3 nitrogen and oxygen atoms in total. The molecule has 0 aliphatic heterocycles. The van der Waals surface area contributed by atoms with Gasteiger partial charge in [0.25, 0.3) is 0 Å². The molecule has 0 saturated heterocycles. The Morgan fingerprint density at radius 3 is 2.67 bits per heavy atom. The number of methoxy groups -OCH3 is 1. The average molecular weight is 247 g/mol. The number of halogens is 1. The van der Waals surface area contributed by atoms with Crippen LogP contribution < -0.4 is 10.5 Å². The molecule has 0 amide bonds. The third kappa shape index (κ3) is 2.43. The average Bonchev–Trinajstić information content (AvgIpc) is 2.38. The second-order valence-corrected chi connectivity index (χ2v) is 3.95. The molecule has 4 heteroatoms. The van der Waals surface area contributed by atoms with Crippen molar-refractivity contribution >= 4 is 5.69 Å². The molecule has 94 valence electrons. The zero-order chi connectivity index (χ0) is 13.1. The first-order chi connectivity index (χ1) is 8.61. The Balaban J connectivity index is 2.37. The fourth-order valence-electron chi connectivity index (χ4n) is 1.79. The molecule has 1 unspecified atom stereocenters. The van der Waals surface area contributed by atoms with Crippen molar-refractivity contribution in [3.05, 3.63) is 59.4 Å². The Bertz CT molecular complexity index is 557. The van der Waals surface area contributed by atoms with E-state index in [0.717, 1.165) is 0 Å². The number of hydrogen-bond acceptors (Lipinski definition) is 3. The number of nitrogens with two attached hydrogens (primary N) is 1. The number of nitrogen functional groups attached to an aromatic ring is 1. The summed E-state index contributed by atoms with van der Waals surface area (Å²) in [4.78, 5) is 0. The predicted molar refractivity (Wildman–Crippen MR) is 67.9 cm³/mol. The van der Waals surface area contributed by atoms with Crippen molar-refractivity contribution in [2.75, 3.05) is 12.8 Å². The van der Waals surface area contributed by atoms with Gasteiger partial charge in [0.1, 0.15) is 17.7 Å². The van der Waals surface area contributed by atoms with Gasteiger partial charge in [-0.25, -0.2) is 4.39 Å². The number of ether oxygens (including phenoxy) is 1. The lowest BCUT2D eigenvalue weighted by molar-refractivity contribution is 0.220. The van der Waals surface area contributed by atoms with Gasteiger partial charge in [-0.2, -0.15) is 0 Å². The normalized spacial score (nSPS) is 12.2. The van der Waals surface area contributed by atoms with Gasteiger partial charge in [0.05, 0.1) is 7.11 Å². The molecule has 3 N–H and O–H groups in total. The fraction of sp³-hybridized carbons (Fsp3) is 0.143. The van der Waals surface area contributed by atoms with Gasteiger partial charge in [0.15, 0.2) is 0 Å². The van der Waals surface area contributed by atoms with Crippen molar-refractivity contribution in [2.24, 2.45) is 0 Å². The zero-order valence-corrected chi connectivity index (χ0v) is 9.93. The standard InChI is InChI=1S/C14H14FNO2/c1-18-11-4-2-3-9(7-11)14(17)12-6-5-10(15)8-13(12)16/h2-8,14,17H,16H2,1H3. The summed E-state index contributed by atoms with van der Waals surface area (Å²) in [5.41, 5.74) is 7.05. The lowest BCUT2D eigenvalue weighted by Crippen LogP contribution is -2.04. The van der Waals surface area contributed by atoms with E-state index in [1.165, 1.54) is 18.2 Å². The molecule has 0 radical (unpaired) electrons. The van der Waals surface area contributed by atoms with E-state index < -0.39 is 11.9 Å². The topological polar surface area (TPSA) is 55.5 Å². The van der Waals surface area contributed by atoms with E-state index in [9.17, 15) is 9.50 Å². The van der Waals surface area contributed by atoms with Gasteiger partial charge in [0, 0.05) is 11.3 Å². The van der Waals surface area contributed by atoms with Crippen LogP contribution in [0, 0.1) is 5.82 Å². The number of aliphatic hydroxyl groups is 1. The van der Waals surface area contributed by atoms with E-state index in [0.29, 0.717) is 16.9 Å². The zero-order valence-electron chi connectivity index (χ0n) is 9.93. The van der Waals surface area contributed by atoms with Gasteiger partial charge in [0.2, 0.25) is 0 Å².